The number of aryl methyl sites for hydroxylation is 1. The van der Waals surface area contributed by atoms with Crippen molar-refractivity contribution < 1.29 is 8.42 Å². The fraction of sp³-hybridized carbons (Fsp3) is 0.600. The molecule has 0 spiro atoms. The molecule has 1 aliphatic carbocycles. The molecule has 4 nitrogen and oxygen atoms in total. The number of nitrogens with two attached hydrogens (primary N) is 1. The highest BCUT2D eigenvalue weighted by atomic mass is 32.2. The largest absolute Gasteiger partial charge is 0.399 e. The third-order valence-electron chi connectivity index (χ3n) is 4.19. The van der Waals surface area contributed by atoms with Crippen molar-refractivity contribution in [3.8, 4) is 0 Å². The van der Waals surface area contributed by atoms with Crippen molar-refractivity contribution in [1.29, 1.82) is 0 Å². The van der Waals surface area contributed by atoms with Crippen LogP contribution in [0.15, 0.2) is 23.1 Å². The minimum atomic E-state index is -3.43. The third-order valence-corrected chi connectivity index (χ3v) is 5.77. The van der Waals surface area contributed by atoms with Crippen molar-refractivity contribution in [2.75, 3.05) is 12.3 Å². The SMILES string of the molecule is Cc1cc(N)ccc1S(=O)(=O)NCC1CCC(C)CC1. The van der Waals surface area contributed by atoms with E-state index in [0.717, 1.165) is 18.8 Å². The Morgan fingerprint density at radius 1 is 1.25 bits per heavy atom. The van der Waals surface area contributed by atoms with Crippen molar-refractivity contribution in [2.45, 2.75) is 44.4 Å². The maximum atomic E-state index is 12.3. The Morgan fingerprint density at radius 3 is 2.50 bits per heavy atom. The zero-order chi connectivity index (χ0) is 14.8. The summed E-state index contributed by atoms with van der Waals surface area (Å²) in [6, 6.07) is 4.90. The van der Waals surface area contributed by atoms with Gasteiger partial charge in [-0.1, -0.05) is 19.8 Å². The first-order valence-corrected chi connectivity index (χ1v) is 8.72. The van der Waals surface area contributed by atoms with Crippen LogP contribution in [0.3, 0.4) is 0 Å². The molecule has 1 fully saturated rings. The lowest BCUT2D eigenvalue weighted by atomic mass is 9.83. The van der Waals surface area contributed by atoms with Crippen molar-refractivity contribution >= 4 is 15.7 Å². The van der Waals surface area contributed by atoms with Crippen LogP contribution < -0.4 is 10.5 Å². The molecule has 0 unspecified atom stereocenters. The zero-order valence-corrected chi connectivity index (χ0v) is 13.0. The molecule has 112 valence electrons. The average Bonchev–Trinajstić information content (AvgIpc) is 2.37. The number of anilines is 1. The lowest BCUT2D eigenvalue weighted by Gasteiger charge is -2.26. The van der Waals surface area contributed by atoms with E-state index < -0.39 is 10.0 Å². The summed E-state index contributed by atoms with van der Waals surface area (Å²) in [6.45, 7) is 4.57. The number of hydrogen-bond donors (Lipinski definition) is 2. The second-order valence-corrected chi connectivity index (χ2v) is 7.74. The molecule has 3 N–H and O–H groups in total. The Balaban J connectivity index is 2.00. The van der Waals surface area contributed by atoms with Gasteiger partial charge < -0.3 is 5.73 Å². The smallest absolute Gasteiger partial charge is 0.240 e. The third kappa shape index (κ3) is 3.73. The van der Waals surface area contributed by atoms with E-state index in [1.54, 1.807) is 25.1 Å². The van der Waals surface area contributed by atoms with Gasteiger partial charge in [0.25, 0.3) is 0 Å². The number of nitrogen functional groups attached to an aromatic ring is 1. The second-order valence-electron chi connectivity index (χ2n) is 6.00. The van der Waals surface area contributed by atoms with Crippen LogP contribution in [0.4, 0.5) is 5.69 Å². The van der Waals surface area contributed by atoms with Gasteiger partial charge in [0.1, 0.15) is 0 Å². The molecule has 0 saturated heterocycles. The molecule has 0 amide bonds. The Morgan fingerprint density at radius 2 is 1.90 bits per heavy atom. The monoisotopic (exact) mass is 296 g/mol. The molecule has 0 bridgehead atoms. The van der Waals surface area contributed by atoms with Crippen molar-refractivity contribution in [2.24, 2.45) is 11.8 Å². The van der Waals surface area contributed by atoms with Gasteiger partial charge in [-0.15, -0.1) is 0 Å². The lowest BCUT2D eigenvalue weighted by Crippen LogP contribution is -2.31. The molecule has 5 heteroatoms. The Labute approximate surface area is 121 Å². The first kappa shape index (κ1) is 15.3. The van der Waals surface area contributed by atoms with Crippen LogP contribution in [0, 0.1) is 18.8 Å². The molecule has 1 aliphatic rings. The molecule has 1 aromatic carbocycles. The summed E-state index contributed by atoms with van der Waals surface area (Å²) in [5, 5.41) is 0. The number of nitrogens with one attached hydrogen (secondary N) is 1. The zero-order valence-electron chi connectivity index (χ0n) is 12.2. The van der Waals surface area contributed by atoms with E-state index in [4.69, 9.17) is 5.73 Å². The molecule has 1 aromatic rings. The summed E-state index contributed by atoms with van der Waals surface area (Å²) in [4.78, 5) is 0.330. The van der Waals surface area contributed by atoms with Gasteiger partial charge >= 0.3 is 0 Å². The van der Waals surface area contributed by atoms with Crippen LogP contribution >= 0.6 is 0 Å². The number of sulfonamides is 1. The molecule has 0 aliphatic heterocycles. The van der Waals surface area contributed by atoms with Crippen LogP contribution in [0.25, 0.3) is 0 Å². The minimum absolute atomic E-state index is 0.330. The molecule has 0 atom stereocenters. The summed E-state index contributed by atoms with van der Waals surface area (Å²) in [5.74, 6) is 1.25. The van der Waals surface area contributed by atoms with Crippen LogP contribution in [-0.2, 0) is 10.0 Å². The van der Waals surface area contributed by atoms with Gasteiger partial charge in [0.15, 0.2) is 0 Å². The summed E-state index contributed by atoms with van der Waals surface area (Å²) in [5.41, 5.74) is 6.93. The van der Waals surface area contributed by atoms with Gasteiger partial charge in [0.2, 0.25) is 10.0 Å². The highest BCUT2D eigenvalue weighted by molar-refractivity contribution is 7.89. The molecular formula is C15H24N2O2S. The Bertz CT molecular complexity index is 561. The van der Waals surface area contributed by atoms with Gasteiger partial charge in [0.05, 0.1) is 4.90 Å². The summed E-state index contributed by atoms with van der Waals surface area (Å²) < 4.78 is 27.4. The standard InChI is InChI=1S/C15H24N2O2S/c1-11-3-5-13(6-4-11)10-17-20(18,19)15-8-7-14(16)9-12(15)2/h7-9,11,13,17H,3-6,10,16H2,1-2H3. The van der Waals surface area contributed by atoms with E-state index in [9.17, 15) is 8.42 Å². The molecule has 0 radical (unpaired) electrons. The summed E-state index contributed by atoms with van der Waals surface area (Å²) >= 11 is 0. The first-order chi connectivity index (χ1) is 9.38. The van der Waals surface area contributed by atoms with Gasteiger partial charge in [-0.2, -0.15) is 0 Å². The molecule has 2 rings (SSSR count). The number of hydrogen-bond acceptors (Lipinski definition) is 3. The highest BCUT2D eigenvalue weighted by Crippen LogP contribution is 2.28. The molecule has 1 saturated carbocycles. The minimum Gasteiger partial charge on any atom is -0.399 e. The molecular weight excluding hydrogens is 272 g/mol. The van der Waals surface area contributed by atoms with E-state index in [2.05, 4.69) is 11.6 Å². The van der Waals surface area contributed by atoms with Crippen LogP contribution in [-0.4, -0.2) is 15.0 Å². The van der Waals surface area contributed by atoms with Crippen LogP contribution in [0.1, 0.15) is 38.2 Å². The molecule has 0 heterocycles. The van der Waals surface area contributed by atoms with Gasteiger partial charge in [-0.25, -0.2) is 13.1 Å². The maximum Gasteiger partial charge on any atom is 0.240 e. The van der Waals surface area contributed by atoms with Gasteiger partial charge in [0, 0.05) is 12.2 Å². The van der Waals surface area contributed by atoms with E-state index in [0.29, 0.717) is 28.6 Å². The van der Waals surface area contributed by atoms with Crippen LogP contribution in [0.2, 0.25) is 0 Å². The summed E-state index contributed by atoms with van der Waals surface area (Å²) in [7, 11) is -3.43. The van der Waals surface area contributed by atoms with Gasteiger partial charge in [-0.3, -0.25) is 0 Å². The van der Waals surface area contributed by atoms with Crippen molar-refractivity contribution in [1.82, 2.24) is 4.72 Å². The Hall–Kier alpha value is -1.07. The molecule has 20 heavy (non-hydrogen) atoms. The normalized spacial score (nSPS) is 23.7. The number of rotatable bonds is 4. The van der Waals surface area contributed by atoms with E-state index in [1.165, 1.54) is 12.8 Å². The van der Waals surface area contributed by atoms with Gasteiger partial charge in [-0.05, 0) is 55.4 Å². The molecule has 0 aromatic heterocycles. The highest BCUT2D eigenvalue weighted by Gasteiger charge is 2.22. The quantitative estimate of drug-likeness (QED) is 0.839. The fourth-order valence-electron chi connectivity index (χ4n) is 2.81. The van der Waals surface area contributed by atoms with Crippen molar-refractivity contribution in [3.05, 3.63) is 23.8 Å². The van der Waals surface area contributed by atoms with E-state index in [1.807, 2.05) is 0 Å². The number of benzene rings is 1. The maximum absolute atomic E-state index is 12.3. The lowest BCUT2D eigenvalue weighted by molar-refractivity contribution is 0.290. The van der Waals surface area contributed by atoms with Crippen molar-refractivity contribution in [3.63, 3.8) is 0 Å². The second kappa shape index (κ2) is 6.14. The predicted molar refractivity (Wildman–Crippen MR) is 81.9 cm³/mol. The van der Waals surface area contributed by atoms with E-state index >= 15 is 0 Å². The summed E-state index contributed by atoms with van der Waals surface area (Å²) in [6.07, 6.45) is 4.63. The van der Waals surface area contributed by atoms with Crippen LogP contribution in [0.5, 0.6) is 0 Å². The predicted octanol–water partition coefficient (Wildman–Crippen LogP) is 2.68. The Kier molecular flexibility index (Phi) is 4.70. The topological polar surface area (TPSA) is 72.2 Å². The first-order valence-electron chi connectivity index (χ1n) is 7.24. The van der Waals surface area contributed by atoms with E-state index in [-0.39, 0.29) is 0 Å². The average molecular weight is 296 g/mol. The fourth-order valence-corrected chi connectivity index (χ4v) is 4.15.